The molecule has 0 aliphatic carbocycles. The van der Waals surface area contributed by atoms with Gasteiger partial charge in [0.1, 0.15) is 0 Å². The summed E-state index contributed by atoms with van der Waals surface area (Å²) in [7, 11) is 0. The predicted molar refractivity (Wildman–Crippen MR) is 46.3 cm³/mol. The van der Waals surface area contributed by atoms with Crippen molar-refractivity contribution in [2.45, 2.75) is 12.8 Å². The Morgan fingerprint density at radius 1 is 1.55 bits per heavy atom. The molecule has 0 aromatic carbocycles. The van der Waals surface area contributed by atoms with E-state index in [-0.39, 0.29) is 0 Å². The second-order valence-corrected chi connectivity index (χ2v) is 2.27. The van der Waals surface area contributed by atoms with Crippen LogP contribution in [0.5, 0.6) is 0 Å². The standard InChI is InChI=1S/C10H11N/c1-2-3-4-7-10-8-5-6-9-11-10/h3,5-6,8-9H,1,4,7H2. The number of pyridine rings is 1. The van der Waals surface area contributed by atoms with Gasteiger partial charge in [0, 0.05) is 11.9 Å². The van der Waals surface area contributed by atoms with Crippen molar-refractivity contribution in [3.63, 3.8) is 0 Å². The summed E-state index contributed by atoms with van der Waals surface area (Å²) in [5, 5.41) is 0. The number of hydrogen-bond donors (Lipinski definition) is 0. The van der Waals surface area contributed by atoms with Gasteiger partial charge in [0.05, 0.1) is 0 Å². The van der Waals surface area contributed by atoms with Crippen molar-refractivity contribution >= 4 is 0 Å². The van der Waals surface area contributed by atoms with Crippen molar-refractivity contribution in [2.75, 3.05) is 0 Å². The molecule has 1 rings (SSSR count). The second-order valence-electron chi connectivity index (χ2n) is 2.27. The number of allylic oxidation sites excluding steroid dienone is 1. The van der Waals surface area contributed by atoms with E-state index in [0.717, 1.165) is 18.5 Å². The van der Waals surface area contributed by atoms with Crippen molar-refractivity contribution in [1.29, 1.82) is 0 Å². The number of hydrogen-bond acceptors (Lipinski definition) is 1. The van der Waals surface area contributed by atoms with E-state index in [4.69, 9.17) is 0 Å². The molecule has 0 N–H and O–H groups in total. The molecule has 1 aromatic rings. The highest BCUT2D eigenvalue weighted by atomic mass is 14.7. The summed E-state index contributed by atoms with van der Waals surface area (Å²) in [4.78, 5) is 4.18. The lowest BCUT2D eigenvalue weighted by Crippen LogP contribution is -1.85. The van der Waals surface area contributed by atoms with Crippen LogP contribution < -0.4 is 0 Å². The first-order chi connectivity index (χ1) is 5.43. The number of aromatic nitrogens is 1. The highest BCUT2D eigenvalue weighted by Crippen LogP contribution is 1.97. The summed E-state index contributed by atoms with van der Waals surface area (Å²) in [6.45, 7) is 3.49. The van der Waals surface area contributed by atoms with Crippen LogP contribution >= 0.6 is 0 Å². The fourth-order valence-corrected chi connectivity index (χ4v) is 0.868. The van der Waals surface area contributed by atoms with Crippen molar-refractivity contribution in [3.05, 3.63) is 48.5 Å². The van der Waals surface area contributed by atoms with Gasteiger partial charge in [-0.25, -0.2) is 0 Å². The van der Waals surface area contributed by atoms with Crippen LogP contribution in [0, 0.1) is 0 Å². The first kappa shape index (κ1) is 7.77. The minimum atomic E-state index is 0.973. The maximum Gasteiger partial charge on any atom is 0.0406 e. The maximum atomic E-state index is 4.18. The molecule has 1 heterocycles. The van der Waals surface area contributed by atoms with Crippen LogP contribution in [0.3, 0.4) is 0 Å². The average molecular weight is 145 g/mol. The third-order valence-electron chi connectivity index (χ3n) is 1.42. The van der Waals surface area contributed by atoms with Crippen LogP contribution in [0.4, 0.5) is 0 Å². The normalized spacial score (nSPS) is 8.73. The molecule has 0 amide bonds. The Morgan fingerprint density at radius 3 is 3.09 bits per heavy atom. The molecule has 0 saturated carbocycles. The summed E-state index contributed by atoms with van der Waals surface area (Å²) in [6.07, 6.45) is 5.69. The van der Waals surface area contributed by atoms with Gasteiger partial charge in [-0.1, -0.05) is 12.6 Å². The van der Waals surface area contributed by atoms with Gasteiger partial charge in [0.2, 0.25) is 0 Å². The molecule has 0 atom stereocenters. The molecular weight excluding hydrogens is 134 g/mol. The van der Waals surface area contributed by atoms with Gasteiger partial charge in [0.25, 0.3) is 0 Å². The van der Waals surface area contributed by atoms with Gasteiger partial charge < -0.3 is 0 Å². The topological polar surface area (TPSA) is 12.9 Å². The molecule has 1 heteroatoms. The Kier molecular flexibility index (Phi) is 3.17. The van der Waals surface area contributed by atoms with Gasteiger partial charge in [-0.15, -0.1) is 5.73 Å². The molecule has 0 aliphatic heterocycles. The van der Waals surface area contributed by atoms with E-state index in [1.165, 1.54) is 0 Å². The molecule has 0 aliphatic rings. The molecule has 0 bridgehead atoms. The molecule has 0 spiro atoms. The van der Waals surface area contributed by atoms with Crippen molar-refractivity contribution in [1.82, 2.24) is 4.98 Å². The Bertz CT molecular complexity index is 245. The van der Waals surface area contributed by atoms with Crippen LogP contribution in [0.2, 0.25) is 0 Å². The zero-order chi connectivity index (χ0) is 7.94. The van der Waals surface area contributed by atoms with Crippen LogP contribution in [-0.4, -0.2) is 4.98 Å². The third kappa shape index (κ3) is 2.83. The Morgan fingerprint density at radius 2 is 2.45 bits per heavy atom. The highest BCUT2D eigenvalue weighted by Gasteiger charge is 1.88. The van der Waals surface area contributed by atoms with Crippen LogP contribution in [0.25, 0.3) is 0 Å². The van der Waals surface area contributed by atoms with E-state index in [1.807, 2.05) is 30.5 Å². The number of aryl methyl sites for hydroxylation is 1. The van der Waals surface area contributed by atoms with E-state index in [2.05, 4.69) is 17.3 Å². The fourth-order valence-electron chi connectivity index (χ4n) is 0.868. The first-order valence-electron chi connectivity index (χ1n) is 3.67. The summed E-state index contributed by atoms with van der Waals surface area (Å²) in [5.74, 6) is 0. The van der Waals surface area contributed by atoms with Crippen molar-refractivity contribution in [2.24, 2.45) is 0 Å². The smallest absolute Gasteiger partial charge is 0.0406 e. The SMILES string of the molecule is C=C=CCCc1ccccn1. The molecule has 0 fully saturated rings. The molecule has 1 nitrogen and oxygen atoms in total. The monoisotopic (exact) mass is 145 g/mol. The molecular formula is C10H11N. The van der Waals surface area contributed by atoms with E-state index in [0.29, 0.717) is 0 Å². The molecule has 0 radical (unpaired) electrons. The second kappa shape index (κ2) is 4.48. The maximum absolute atomic E-state index is 4.18. The number of nitrogens with zero attached hydrogens (tertiary/aromatic N) is 1. The molecule has 0 saturated heterocycles. The van der Waals surface area contributed by atoms with Crippen LogP contribution in [0.1, 0.15) is 12.1 Å². The van der Waals surface area contributed by atoms with Crippen molar-refractivity contribution in [3.8, 4) is 0 Å². The molecule has 11 heavy (non-hydrogen) atoms. The van der Waals surface area contributed by atoms with E-state index >= 15 is 0 Å². The fraction of sp³-hybridized carbons (Fsp3) is 0.200. The largest absolute Gasteiger partial charge is 0.261 e. The lowest BCUT2D eigenvalue weighted by atomic mass is 10.2. The van der Waals surface area contributed by atoms with Gasteiger partial charge in [-0.3, -0.25) is 4.98 Å². The molecule has 56 valence electrons. The Balaban J connectivity index is 2.45. The summed E-state index contributed by atoms with van der Waals surface area (Å²) in [5.41, 5.74) is 3.86. The quantitative estimate of drug-likeness (QED) is 0.595. The third-order valence-corrected chi connectivity index (χ3v) is 1.42. The van der Waals surface area contributed by atoms with E-state index < -0.39 is 0 Å². The minimum Gasteiger partial charge on any atom is -0.261 e. The molecule has 1 aromatic heterocycles. The zero-order valence-electron chi connectivity index (χ0n) is 6.46. The van der Waals surface area contributed by atoms with Gasteiger partial charge >= 0.3 is 0 Å². The average Bonchev–Trinajstić information content (AvgIpc) is 2.07. The van der Waals surface area contributed by atoms with E-state index in [9.17, 15) is 0 Å². The van der Waals surface area contributed by atoms with Gasteiger partial charge in [-0.05, 0) is 31.1 Å². The summed E-state index contributed by atoms with van der Waals surface area (Å²) in [6, 6.07) is 5.95. The lowest BCUT2D eigenvalue weighted by molar-refractivity contribution is 0.945. The molecule has 0 unspecified atom stereocenters. The van der Waals surface area contributed by atoms with Gasteiger partial charge in [-0.2, -0.15) is 0 Å². The summed E-state index contributed by atoms with van der Waals surface area (Å²) >= 11 is 0. The predicted octanol–water partition coefficient (Wildman–Crippen LogP) is 2.36. The first-order valence-corrected chi connectivity index (χ1v) is 3.67. The summed E-state index contributed by atoms with van der Waals surface area (Å²) < 4.78 is 0. The van der Waals surface area contributed by atoms with Crippen molar-refractivity contribution < 1.29 is 0 Å². The van der Waals surface area contributed by atoms with Gasteiger partial charge in [0.15, 0.2) is 0 Å². The van der Waals surface area contributed by atoms with E-state index in [1.54, 1.807) is 0 Å². The number of rotatable bonds is 3. The highest BCUT2D eigenvalue weighted by molar-refractivity contribution is 5.04. The lowest BCUT2D eigenvalue weighted by Gasteiger charge is -1.93. The Hall–Kier alpha value is -1.33. The van der Waals surface area contributed by atoms with Crippen LogP contribution in [0.15, 0.2) is 42.8 Å². The Labute approximate surface area is 67.1 Å². The minimum absolute atomic E-state index is 0.973. The zero-order valence-corrected chi connectivity index (χ0v) is 6.46. The van der Waals surface area contributed by atoms with Crippen LogP contribution in [-0.2, 0) is 6.42 Å².